The molecular formula is C27H25N5O5S3. The molecule has 7 rings (SSSR count). The first-order valence-electron chi connectivity index (χ1n) is 13.0. The maximum atomic E-state index is 12.8. The largest absolute Gasteiger partial charge is 0.473 e. The summed E-state index contributed by atoms with van der Waals surface area (Å²) in [5.41, 5.74) is 4.51. The zero-order valence-corrected chi connectivity index (χ0v) is 24.0. The Bertz CT molecular complexity index is 1770. The number of anilines is 1. The predicted octanol–water partition coefficient (Wildman–Crippen LogP) is 4.31. The van der Waals surface area contributed by atoms with Gasteiger partial charge in [-0.15, -0.1) is 34.0 Å². The first kappa shape index (κ1) is 25.6. The smallest absolute Gasteiger partial charge is 0.233 e. The lowest BCUT2D eigenvalue weighted by Gasteiger charge is -2.27. The number of morpholine rings is 1. The molecule has 1 amide bonds. The van der Waals surface area contributed by atoms with Gasteiger partial charge in [0.25, 0.3) is 0 Å². The molecule has 2 fully saturated rings. The van der Waals surface area contributed by atoms with Crippen molar-refractivity contribution in [2.75, 3.05) is 37.7 Å². The Morgan fingerprint density at radius 2 is 2.05 bits per heavy atom. The van der Waals surface area contributed by atoms with Gasteiger partial charge in [0, 0.05) is 55.5 Å². The van der Waals surface area contributed by atoms with Crippen LogP contribution in [0.5, 0.6) is 5.88 Å². The average Bonchev–Trinajstić information content (AvgIpc) is 3.76. The number of amides is 1. The summed E-state index contributed by atoms with van der Waals surface area (Å²) in [6, 6.07) is 3.64. The van der Waals surface area contributed by atoms with Crippen molar-refractivity contribution < 1.29 is 18.7 Å². The molecule has 1 N–H and O–H groups in total. The second kappa shape index (κ2) is 10.5. The minimum absolute atomic E-state index is 0.0566. The van der Waals surface area contributed by atoms with Crippen LogP contribution < -0.4 is 20.4 Å². The topological polar surface area (TPSA) is 120 Å². The summed E-state index contributed by atoms with van der Waals surface area (Å²) in [5, 5.41) is 4.59. The van der Waals surface area contributed by atoms with E-state index in [1.54, 1.807) is 40.5 Å². The number of fused-ring (bicyclic) bond motifs is 2. The number of hydrogen-bond acceptors (Lipinski definition) is 12. The SMILES string of the molecule is C[C@H](Oc1nc(Cc2cnc(-c3coc4c(=O)cc(N5CCOCC5)sc34)s2)cc2ncsc12)[C@@H]1CNC(=O)C1. The molecule has 7 heterocycles. The van der Waals surface area contributed by atoms with Gasteiger partial charge in [-0.2, -0.15) is 0 Å². The number of carbonyl (C=O) groups is 1. The Kier molecular flexibility index (Phi) is 6.74. The number of pyridine rings is 1. The molecule has 13 heteroatoms. The van der Waals surface area contributed by atoms with Gasteiger partial charge < -0.3 is 24.1 Å². The molecule has 40 heavy (non-hydrogen) atoms. The lowest BCUT2D eigenvalue weighted by molar-refractivity contribution is -0.119. The molecule has 2 aliphatic heterocycles. The molecule has 2 atom stereocenters. The molecule has 0 bridgehead atoms. The Balaban J connectivity index is 1.16. The highest BCUT2D eigenvalue weighted by atomic mass is 32.1. The van der Waals surface area contributed by atoms with Gasteiger partial charge in [-0.3, -0.25) is 9.59 Å². The van der Waals surface area contributed by atoms with E-state index in [4.69, 9.17) is 18.9 Å². The molecule has 2 aliphatic rings. The Hall–Kier alpha value is -3.39. The van der Waals surface area contributed by atoms with E-state index in [1.165, 1.54) is 11.3 Å². The Morgan fingerprint density at radius 1 is 1.18 bits per heavy atom. The van der Waals surface area contributed by atoms with E-state index in [-0.39, 0.29) is 23.4 Å². The van der Waals surface area contributed by atoms with E-state index >= 15 is 0 Å². The minimum Gasteiger partial charge on any atom is -0.473 e. The number of thiazole rings is 2. The lowest BCUT2D eigenvalue weighted by atomic mass is 10.0. The van der Waals surface area contributed by atoms with E-state index in [0.717, 1.165) is 54.1 Å². The van der Waals surface area contributed by atoms with Gasteiger partial charge in [0.2, 0.25) is 17.2 Å². The Labute approximate surface area is 240 Å². The van der Waals surface area contributed by atoms with Crippen molar-refractivity contribution in [1.29, 1.82) is 0 Å². The van der Waals surface area contributed by atoms with Crippen molar-refractivity contribution in [2.24, 2.45) is 5.92 Å². The fraction of sp³-hybridized carbons (Fsp3) is 0.370. The number of nitrogens with zero attached hydrogens (tertiary/aromatic N) is 4. The van der Waals surface area contributed by atoms with E-state index in [1.807, 2.05) is 19.2 Å². The standard InChI is InChI=1S/C27H25N5O5S3/c1-14(15-6-21(34)28-10-15)37-26-25-19(30-13-38-25)8-16(31-26)7-17-11-29-27(39-17)18-12-36-23-20(33)9-22(40-24(18)23)32-2-4-35-5-3-32/h8-9,11-15H,2-7,10H2,1H3,(H,28,34)/t14-,15-/m0/s1. The summed E-state index contributed by atoms with van der Waals surface area (Å²) in [6.45, 7) is 5.41. The average molecular weight is 596 g/mol. The highest BCUT2D eigenvalue weighted by Gasteiger charge is 2.29. The molecule has 10 nitrogen and oxygen atoms in total. The van der Waals surface area contributed by atoms with Crippen molar-refractivity contribution >= 4 is 65.4 Å². The summed E-state index contributed by atoms with van der Waals surface area (Å²) < 4.78 is 19.2. The van der Waals surface area contributed by atoms with E-state index in [9.17, 15) is 9.59 Å². The van der Waals surface area contributed by atoms with Crippen molar-refractivity contribution in [1.82, 2.24) is 20.3 Å². The third-order valence-corrected chi connectivity index (χ3v) is 10.3. The first-order valence-corrected chi connectivity index (χ1v) is 15.5. The molecule has 0 saturated carbocycles. The van der Waals surface area contributed by atoms with Gasteiger partial charge in [-0.1, -0.05) is 0 Å². The van der Waals surface area contributed by atoms with Crippen LogP contribution in [0.15, 0.2) is 39.3 Å². The summed E-state index contributed by atoms with van der Waals surface area (Å²) in [5.74, 6) is 0.711. The van der Waals surface area contributed by atoms with E-state index < -0.39 is 0 Å². The quantitative estimate of drug-likeness (QED) is 0.293. The molecule has 0 aliphatic carbocycles. The van der Waals surface area contributed by atoms with Crippen molar-refractivity contribution in [2.45, 2.75) is 25.9 Å². The zero-order chi connectivity index (χ0) is 27.2. The number of nitrogens with one attached hydrogen (secondary N) is 1. The molecule has 0 aromatic carbocycles. The molecular weight excluding hydrogens is 571 g/mol. The van der Waals surface area contributed by atoms with Gasteiger partial charge in [-0.25, -0.2) is 15.0 Å². The fourth-order valence-electron chi connectivity index (χ4n) is 5.00. The zero-order valence-electron chi connectivity index (χ0n) is 21.5. The monoisotopic (exact) mass is 595 g/mol. The third kappa shape index (κ3) is 4.87. The van der Waals surface area contributed by atoms with Crippen LogP contribution in [0.4, 0.5) is 5.00 Å². The molecule has 0 unspecified atom stereocenters. The van der Waals surface area contributed by atoms with Crippen molar-refractivity contribution in [3.63, 3.8) is 0 Å². The normalized spacial score (nSPS) is 18.5. The van der Waals surface area contributed by atoms with Gasteiger partial charge in [-0.05, 0) is 13.0 Å². The van der Waals surface area contributed by atoms with Crippen LogP contribution in [0.3, 0.4) is 0 Å². The van der Waals surface area contributed by atoms with Crippen LogP contribution in [-0.4, -0.2) is 59.8 Å². The maximum absolute atomic E-state index is 12.8. The summed E-state index contributed by atoms with van der Waals surface area (Å²) >= 11 is 4.60. The molecule has 5 aromatic rings. The number of hydrogen-bond donors (Lipinski definition) is 1. The fourth-order valence-corrected chi connectivity index (χ4v) is 7.89. The van der Waals surface area contributed by atoms with E-state index in [2.05, 4.69) is 20.2 Å². The van der Waals surface area contributed by atoms with Crippen LogP contribution in [-0.2, 0) is 16.0 Å². The Morgan fingerprint density at radius 3 is 2.88 bits per heavy atom. The molecule has 0 radical (unpaired) electrons. The van der Waals surface area contributed by atoms with Gasteiger partial charge in [0.05, 0.1) is 45.2 Å². The van der Waals surface area contributed by atoms with Gasteiger partial charge >= 0.3 is 0 Å². The highest BCUT2D eigenvalue weighted by Crippen LogP contribution is 2.38. The van der Waals surface area contributed by atoms with Crippen LogP contribution in [0.25, 0.3) is 31.1 Å². The number of carbonyl (C=O) groups excluding carboxylic acids is 1. The minimum atomic E-state index is -0.161. The predicted molar refractivity (Wildman–Crippen MR) is 156 cm³/mol. The van der Waals surface area contributed by atoms with Crippen molar-refractivity contribution in [3.8, 4) is 16.5 Å². The molecule has 0 spiro atoms. The maximum Gasteiger partial charge on any atom is 0.233 e. The van der Waals surface area contributed by atoms with Crippen LogP contribution in [0.1, 0.15) is 23.9 Å². The number of aromatic nitrogens is 3. The van der Waals surface area contributed by atoms with Crippen LogP contribution >= 0.6 is 34.0 Å². The van der Waals surface area contributed by atoms with Crippen LogP contribution in [0.2, 0.25) is 0 Å². The first-order chi connectivity index (χ1) is 19.5. The molecule has 206 valence electrons. The number of rotatable bonds is 7. The second-order valence-corrected chi connectivity index (χ2v) is 12.9. The molecule has 5 aromatic heterocycles. The lowest BCUT2D eigenvalue weighted by Crippen LogP contribution is -2.36. The van der Waals surface area contributed by atoms with Gasteiger partial charge in [0.1, 0.15) is 22.1 Å². The molecule has 2 saturated heterocycles. The summed E-state index contributed by atoms with van der Waals surface area (Å²) in [7, 11) is 0. The van der Waals surface area contributed by atoms with Crippen molar-refractivity contribution in [3.05, 3.63) is 50.9 Å². The summed E-state index contributed by atoms with van der Waals surface area (Å²) in [4.78, 5) is 41.7. The van der Waals surface area contributed by atoms with Gasteiger partial charge in [0.15, 0.2) is 5.58 Å². The van der Waals surface area contributed by atoms with E-state index in [0.29, 0.717) is 44.1 Å². The summed E-state index contributed by atoms with van der Waals surface area (Å²) in [6.07, 6.45) is 4.33. The van der Waals surface area contributed by atoms with Crippen LogP contribution in [0, 0.1) is 5.92 Å². The number of furan rings is 1. The highest BCUT2D eigenvalue weighted by molar-refractivity contribution is 7.23. The number of ether oxygens (including phenoxy) is 2. The third-order valence-electron chi connectivity index (χ3n) is 7.20. The second-order valence-electron chi connectivity index (χ2n) is 9.88.